The predicted octanol–water partition coefficient (Wildman–Crippen LogP) is 7.40. The minimum Gasteiger partial charge on any atom is -0.496 e. The van der Waals surface area contributed by atoms with Gasteiger partial charge in [-0.05, 0) is 80.1 Å². The molecule has 1 aliphatic heterocycles. The zero-order valence-electron chi connectivity index (χ0n) is 32.0. The standard InChI is InChI=1S/C44H47ClN6O5/c1-50(34-15-12-27(13-16-34)44(53)54)25-32-18-30(21-46)31(20-41(32)56-3)26-51-39-9-5-7-36(38(39)24-48-51)37-8-4-6-35(43(37)45)28-10-11-29(40(19-28)55-2)22-47-23-33-14-17-42(52)49-33/h4-11,18-20,24,27,33-34,47H,12-17,22-23,25-26H2,1-3H3,(H,49,52)(H,53,54)/t27-,33-,34-/m0/s1. The van der Waals surface area contributed by atoms with Crippen molar-refractivity contribution >= 4 is 34.4 Å². The van der Waals surface area contributed by atoms with Gasteiger partial charge >= 0.3 is 5.97 Å². The van der Waals surface area contributed by atoms with Crippen molar-refractivity contribution in [3.8, 4) is 39.8 Å². The number of hydrogen-bond donors (Lipinski definition) is 3. The molecule has 2 heterocycles. The van der Waals surface area contributed by atoms with Gasteiger partial charge in [0.15, 0.2) is 0 Å². The topological polar surface area (TPSA) is 142 Å². The van der Waals surface area contributed by atoms with Crippen LogP contribution < -0.4 is 20.1 Å². The fourth-order valence-electron chi connectivity index (χ4n) is 8.23. The number of carbonyl (C=O) groups excluding carboxylic acids is 1. The first-order chi connectivity index (χ1) is 27.2. The van der Waals surface area contributed by atoms with Crippen LogP contribution in [-0.4, -0.2) is 71.6 Å². The lowest BCUT2D eigenvalue weighted by Crippen LogP contribution is -2.36. The molecule has 1 amide bonds. The molecule has 0 radical (unpaired) electrons. The van der Waals surface area contributed by atoms with E-state index in [-0.39, 0.29) is 23.9 Å². The van der Waals surface area contributed by atoms with Crippen molar-refractivity contribution < 1.29 is 24.2 Å². The number of methoxy groups -OCH3 is 2. The fraction of sp³-hybridized carbons (Fsp3) is 0.364. The number of ether oxygens (including phenoxy) is 2. The van der Waals surface area contributed by atoms with Crippen LogP contribution in [0.3, 0.4) is 0 Å². The molecule has 3 N–H and O–H groups in total. The van der Waals surface area contributed by atoms with E-state index in [1.54, 1.807) is 14.2 Å². The van der Waals surface area contributed by atoms with Crippen molar-refractivity contribution in [3.05, 3.63) is 100 Å². The quantitative estimate of drug-likeness (QED) is 0.105. The predicted molar refractivity (Wildman–Crippen MR) is 217 cm³/mol. The van der Waals surface area contributed by atoms with Gasteiger partial charge in [-0.15, -0.1) is 0 Å². The molecule has 1 saturated heterocycles. The average molecular weight is 775 g/mol. The number of amides is 1. The summed E-state index contributed by atoms with van der Waals surface area (Å²) >= 11 is 7.22. The number of benzene rings is 4. The van der Waals surface area contributed by atoms with Crippen LogP contribution in [-0.2, 0) is 29.2 Å². The number of hydrogen-bond acceptors (Lipinski definition) is 8. The smallest absolute Gasteiger partial charge is 0.306 e. The number of carboxylic acid groups (broad SMARTS) is 1. The molecule has 4 aromatic carbocycles. The van der Waals surface area contributed by atoms with Crippen LogP contribution in [0.15, 0.2) is 72.9 Å². The van der Waals surface area contributed by atoms with Crippen molar-refractivity contribution in [2.45, 2.75) is 70.2 Å². The number of nitriles is 1. The lowest BCUT2D eigenvalue weighted by molar-refractivity contribution is -0.143. The maximum atomic E-state index is 11.6. The van der Waals surface area contributed by atoms with Crippen molar-refractivity contribution in [2.75, 3.05) is 27.8 Å². The SMILES string of the molecule is COc1cc(-c2cccc(-c3cccc4c3cnn4Cc3cc(OC)c(CN(C)[C@H]4CC[C@H](C(=O)O)CC4)cc3C#N)c2Cl)ccc1CNC[C@@H]1CCC(=O)N1. The van der Waals surface area contributed by atoms with Gasteiger partial charge in [-0.25, -0.2) is 0 Å². The van der Waals surface area contributed by atoms with Gasteiger partial charge in [0.05, 0.1) is 55.1 Å². The monoisotopic (exact) mass is 774 g/mol. The van der Waals surface area contributed by atoms with E-state index in [0.29, 0.717) is 61.8 Å². The summed E-state index contributed by atoms with van der Waals surface area (Å²) in [6, 6.07) is 24.9. The summed E-state index contributed by atoms with van der Waals surface area (Å²) in [7, 11) is 5.36. The van der Waals surface area contributed by atoms with Crippen molar-refractivity contribution in [1.82, 2.24) is 25.3 Å². The second kappa shape index (κ2) is 17.2. The van der Waals surface area contributed by atoms with Gasteiger partial charge < -0.3 is 25.2 Å². The third-order valence-corrected chi connectivity index (χ3v) is 11.8. The summed E-state index contributed by atoms with van der Waals surface area (Å²) in [5.74, 6) is 0.584. The molecule has 1 saturated carbocycles. The van der Waals surface area contributed by atoms with Crippen LogP contribution in [0.1, 0.15) is 60.8 Å². The first-order valence-corrected chi connectivity index (χ1v) is 19.5. The molecule has 1 aromatic heterocycles. The summed E-state index contributed by atoms with van der Waals surface area (Å²) in [6.45, 7) is 2.26. The molecule has 7 rings (SSSR count). The Morgan fingerprint density at radius 3 is 2.43 bits per heavy atom. The fourth-order valence-corrected chi connectivity index (χ4v) is 8.57. The Balaban J connectivity index is 1.10. The van der Waals surface area contributed by atoms with Gasteiger partial charge in [-0.3, -0.25) is 19.2 Å². The van der Waals surface area contributed by atoms with Crippen molar-refractivity contribution in [2.24, 2.45) is 5.92 Å². The van der Waals surface area contributed by atoms with E-state index in [2.05, 4.69) is 34.7 Å². The number of aromatic nitrogens is 2. The number of rotatable bonds is 14. The lowest BCUT2D eigenvalue weighted by Gasteiger charge is -2.33. The first-order valence-electron chi connectivity index (χ1n) is 19.1. The van der Waals surface area contributed by atoms with E-state index in [1.807, 2.05) is 71.5 Å². The summed E-state index contributed by atoms with van der Waals surface area (Å²) in [6.07, 6.45) is 6.27. The van der Waals surface area contributed by atoms with E-state index in [0.717, 1.165) is 74.9 Å². The number of fused-ring (bicyclic) bond motifs is 1. The van der Waals surface area contributed by atoms with Gasteiger partial charge in [0.2, 0.25) is 5.91 Å². The normalized spacial score (nSPS) is 18.2. The van der Waals surface area contributed by atoms with Gasteiger partial charge in [0.1, 0.15) is 11.5 Å². The molecular weight excluding hydrogens is 728 g/mol. The Kier molecular flexibility index (Phi) is 11.9. The van der Waals surface area contributed by atoms with E-state index in [9.17, 15) is 20.0 Å². The van der Waals surface area contributed by atoms with Crippen LogP contribution in [0.5, 0.6) is 11.5 Å². The number of halogens is 1. The number of nitrogens with zero attached hydrogens (tertiary/aromatic N) is 4. The maximum Gasteiger partial charge on any atom is 0.306 e. The Morgan fingerprint density at radius 1 is 0.982 bits per heavy atom. The zero-order valence-corrected chi connectivity index (χ0v) is 32.7. The number of carbonyl (C=O) groups is 2. The third-order valence-electron chi connectivity index (χ3n) is 11.4. The molecule has 0 unspecified atom stereocenters. The summed E-state index contributed by atoms with van der Waals surface area (Å²) in [5, 5.41) is 32.4. The van der Waals surface area contributed by atoms with Crippen LogP contribution in [0.2, 0.25) is 5.02 Å². The second-order valence-electron chi connectivity index (χ2n) is 14.9. The van der Waals surface area contributed by atoms with Gasteiger partial charge in [0.25, 0.3) is 0 Å². The second-order valence-corrected chi connectivity index (χ2v) is 15.2. The zero-order chi connectivity index (χ0) is 39.3. The Labute approximate surface area is 332 Å². The Bertz CT molecular complexity index is 2290. The molecule has 11 nitrogen and oxygen atoms in total. The third kappa shape index (κ3) is 8.24. The number of nitrogens with one attached hydrogen (secondary N) is 2. The Morgan fingerprint density at radius 2 is 1.71 bits per heavy atom. The summed E-state index contributed by atoms with van der Waals surface area (Å²) < 4.78 is 13.5. The highest BCUT2D eigenvalue weighted by atomic mass is 35.5. The molecule has 12 heteroatoms. The highest BCUT2D eigenvalue weighted by molar-refractivity contribution is 6.36. The van der Waals surface area contributed by atoms with Gasteiger partial charge in [0, 0.05) is 65.8 Å². The minimum atomic E-state index is -0.709. The van der Waals surface area contributed by atoms with E-state index in [1.165, 1.54) is 0 Å². The van der Waals surface area contributed by atoms with Crippen LogP contribution in [0.25, 0.3) is 33.2 Å². The molecule has 5 aromatic rings. The van der Waals surface area contributed by atoms with Crippen LogP contribution in [0, 0.1) is 17.2 Å². The Hall–Kier alpha value is -5.41. The number of aliphatic carboxylic acids is 1. The lowest BCUT2D eigenvalue weighted by atomic mass is 9.85. The molecule has 2 fully saturated rings. The van der Waals surface area contributed by atoms with Gasteiger partial charge in [-0.1, -0.05) is 54.1 Å². The highest BCUT2D eigenvalue weighted by Gasteiger charge is 2.29. The highest BCUT2D eigenvalue weighted by Crippen LogP contribution is 2.41. The molecule has 290 valence electrons. The maximum absolute atomic E-state index is 11.6. The first kappa shape index (κ1) is 38.8. The van der Waals surface area contributed by atoms with Crippen LogP contribution >= 0.6 is 11.6 Å². The van der Waals surface area contributed by atoms with E-state index in [4.69, 9.17) is 26.2 Å². The molecule has 56 heavy (non-hydrogen) atoms. The summed E-state index contributed by atoms with van der Waals surface area (Å²) in [5.41, 5.74) is 7.82. The van der Waals surface area contributed by atoms with Crippen molar-refractivity contribution in [3.63, 3.8) is 0 Å². The molecule has 0 spiro atoms. The van der Waals surface area contributed by atoms with Gasteiger partial charge in [-0.2, -0.15) is 10.4 Å². The number of carboxylic acids is 1. The molecule has 2 aliphatic rings. The molecule has 1 atom stereocenters. The van der Waals surface area contributed by atoms with E-state index < -0.39 is 5.97 Å². The molecular formula is C44H47ClN6O5. The largest absolute Gasteiger partial charge is 0.496 e. The van der Waals surface area contributed by atoms with Crippen LogP contribution in [0.4, 0.5) is 0 Å². The average Bonchev–Trinajstić information content (AvgIpc) is 3.83. The minimum absolute atomic E-state index is 0.107. The summed E-state index contributed by atoms with van der Waals surface area (Å²) in [4.78, 5) is 25.3. The van der Waals surface area contributed by atoms with Crippen molar-refractivity contribution in [1.29, 1.82) is 5.26 Å². The van der Waals surface area contributed by atoms with E-state index >= 15 is 0 Å². The molecule has 0 bridgehead atoms. The molecule has 1 aliphatic carbocycles.